The van der Waals surface area contributed by atoms with E-state index in [0.717, 1.165) is 0 Å². The van der Waals surface area contributed by atoms with E-state index in [1.807, 2.05) is 0 Å². The van der Waals surface area contributed by atoms with Crippen LogP contribution in [0.1, 0.15) is 12.7 Å². The summed E-state index contributed by atoms with van der Waals surface area (Å²) in [6.45, 7) is 1.41. The molecule has 0 saturated carbocycles. The summed E-state index contributed by atoms with van der Waals surface area (Å²) in [5.74, 6) is -2.71. The number of halogens is 3. The molecule has 1 atom stereocenters. The Morgan fingerprint density at radius 3 is 2.83 bits per heavy atom. The number of rotatable bonds is 2. The average Bonchev–Trinajstić information content (AvgIpc) is 2.53. The number of nitrogens with two attached hydrogens (primary N) is 1. The maximum Gasteiger partial charge on any atom is 0.269 e. The second-order valence-electron chi connectivity index (χ2n) is 4.31. The Morgan fingerprint density at radius 1 is 1.56 bits per heavy atom. The SMILES string of the molecule is CC1CN(c2cc(Cl)nc(C=CN)n2)CC1(F)F. The quantitative estimate of drug-likeness (QED) is 0.840. The van der Waals surface area contributed by atoms with Crippen LogP contribution in [0.15, 0.2) is 12.3 Å². The normalized spacial score (nSPS) is 22.9. The van der Waals surface area contributed by atoms with Crippen molar-refractivity contribution in [2.75, 3.05) is 18.0 Å². The molecule has 4 nitrogen and oxygen atoms in total. The van der Waals surface area contributed by atoms with Crippen LogP contribution in [0.25, 0.3) is 6.08 Å². The van der Waals surface area contributed by atoms with Crippen molar-refractivity contribution in [1.29, 1.82) is 0 Å². The Labute approximate surface area is 108 Å². The minimum absolute atomic E-state index is 0.205. The molecule has 98 valence electrons. The molecule has 1 aromatic heterocycles. The van der Waals surface area contributed by atoms with E-state index in [4.69, 9.17) is 17.3 Å². The third-order valence-corrected chi connectivity index (χ3v) is 3.08. The molecular formula is C11H13ClF2N4. The highest BCUT2D eigenvalue weighted by Gasteiger charge is 2.45. The summed E-state index contributed by atoms with van der Waals surface area (Å²) < 4.78 is 26.9. The van der Waals surface area contributed by atoms with Gasteiger partial charge in [-0.05, 0) is 12.3 Å². The zero-order valence-electron chi connectivity index (χ0n) is 9.78. The molecule has 1 unspecified atom stereocenters. The topological polar surface area (TPSA) is 55.0 Å². The van der Waals surface area contributed by atoms with E-state index >= 15 is 0 Å². The van der Waals surface area contributed by atoms with Crippen LogP contribution in [-0.2, 0) is 0 Å². The van der Waals surface area contributed by atoms with Gasteiger partial charge in [0.15, 0.2) is 5.82 Å². The summed E-state index contributed by atoms with van der Waals surface area (Å²) in [6.07, 6.45) is 2.74. The van der Waals surface area contributed by atoms with Gasteiger partial charge in [-0.15, -0.1) is 0 Å². The van der Waals surface area contributed by atoms with E-state index in [1.54, 1.807) is 0 Å². The predicted octanol–water partition coefficient (Wildman–Crippen LogP) is 2.15. The Kier molecular flexibility index (Phi) is 3.38. The Bertz CT molecular complexity index is 478. The van der Waals surface area contributed by atoms with E-state index < -0.39 is 11.8 Å². The molecule has 1 saturated heterocycles. The van der Waals surface area contributed by atoms with E-state index in [1.165, 1.54) is 30.2 Å². The molecule has 0 aromatic carbocycles. The Balaban J connectivity index is 2.29. The van der Waals surface area contributed by atoms with Gasteiger partial charge in [0.2, 0.25) is 0 Å². The minimum Gasteiger partial charge on any atom is -0.404 e. The van der Waals surface area contributed by atoms with Gasteiger partial charge in [0.1, 0.15) is 11.0 Å². The molecule has 2 heterocycles. The molecule has 0 spiro atoms. The van der Waals surface area contributed by atoms with Crippen LogP contribution in [0, 0.1) is 5.92 Å². The molecule has 0 radical (unpaired) electrons. The Hall–Kier alpha value is -1.43. The van der Waals surface area contributed by atoms with Gasteiger partial charge in [-0.1, -0.05) is 18.5 Å². The van der Waals surface area contributed by atoms with Crippen LogP contribution >= 0.6 is 11.6 Å². The van der Waals surface area contributed by atoms with Crippen molar-refractivity contribution in [2.45, 2.75) is 12.8 Å². The van der Waals surface area contributed by atoms with Crippen LogP contribution in [0.4, 0.5) is 14.6 Å². The molecule has 1 aliphatic rings. The maximum absolute atomic E-state index is 13.5. The third-order valence-electron chi connectivity index (χ3n) is 2.88. The van der Waals surface area contributed by atoms with Crippen molar-refractivity contribution in [3.05, 3.63) is 23.2 Å². The zero-order chi connectivity index (χ0) is 13.3. The van der Waals surface area contributed by atoms with Gasteiger partial charge >= 0.3 is 0 Å². The van der Waals surface area contributed by atoms with E-state index in [2.05, 4.69) is 9.97 Å². The first-order valence-corrected chi connectivity index (χ1v) is 5.86. The summed E-state index contributed by atoms with van der Waals surface area (Å²) in [6, 6.07) is 1.48. The highest BCUT2D eigenvalue weighted by Crippen LogP contribution is 2.35. The Morgan fingerprint density at radius 2 is 2.28 bits per heavy atom. The summed E-state index contributed by atoms with van der Waals surface area (Å²) in [4.78, 5) is 9.57. The molecule has 2 rings (SSSR count). The lowest BCUT2D eigenvalue weighted by Gasteiger charge is -2.17. The number of nitrogens with zero attached hydrogens (tertiary/aromatic N) is 3. The standard InChI is InChI=1S/C11H13ClF2N4/c1-7-5-18(6-11(7,13)14)10-4-8(12)16-9(17-10)2-3-15/h2-4,7H,5-6,15H2,1H3. The molecule has 0 bridgehead atoms. The molecule has 18 heavy (non-hydrogen) atoms. The molecule has 0 aliphatic carbocycles. The lowest BCUT2D eigenvalue weighted by atomic mass is 10.1. The fourth-order valence-electron chi connectivity index (χ4n) is 1.86. The van der Waals surface area contributed by atoms with E-state index in [0.29, 0.717) is 11.6 Å². The summed E-state index contributed by atoms with van der Waals surface area (Å²) in [5.41, 5.74) is 5.24. The van der Waals surface area contributed by atoms with Crippen LogP contribution in [0.3, 0.4) is 0 Å². The van der Waals surface area contributed by atoms with Crippen LogP contribution in [-0.4, -0.2) is 29.0 Å². The summed E-state index contributed by atoms with van der Waals surface area (Å²) >= 11 is 5.83. The smallest absolute Gasteiger partial charge is 0.269 e. The van der Waals surface area contributed by atoms with Gasteiger partial charge in [-0.25, -0.2) is 18.7 Å². The van der Waals surface area contributed by atoms with Crippen molar-refractivity contribution in [3.8, 4) is 0 Å². The molecule has 1 aromatic rings. The molecule has 1 aliphatic heterocycles. The predicted molar refractivity (Wildman–Crippen MR) is 66.6 cm³/mol. The van der Waals surface area contributed by atoms with Gasteiger partial charge in [-0.3, -0.25) is 0 Å². The van der Waals surface area contributed by atoms with Crippen molar-refractivity contribution in [1.82, 2.24) is 9.97 Å². The van der Waals surface area contributed by atoms with Crippen LogP contribution in [0.5, 0.6) is 0 Å². The van der Waals surface area contributed by atoms with Crippen LogP contribution in [0.2, 0.25) is 5.15 Å². The van der Waals surface area contributed by atoms with E-state index in [9.17, 15) is 8.78 Å². The largest absolute Gasteiger partial charge is 0.404 e. The monoisotopic (exact) mass is 274 g/mol. The first-order chi connectivity index (χ1) is 8.42. The highest BCUT2D eigenvalue weighted by atomic mass is 35.5. The van der Waals surface area contributed by atoms with Crippen molar-refractivity contribution >= 4 is 23.5 Å². The van der Waals surface area contributed by atoms with Crippen LogP contribution < -0.4 is 10.6 Å². The highest BCUT2D eigenvalue weighted by molar-refractivity contribution is 6.29. The van der Waals surface area contributed by atoms with E-state index in [-0.39, 0.29) is 18.2 Å². The number of hydrogen-bond acceptors (Lipinski definition) is 4. The molecule has 2 N–H and O–H groups in total. The van der Waals surface area contributed by atoms with Gasteiger partial charge in [0.25, 0.3) is 5.92 Å². The fourth-order valence-corrected chi connectivity index (χ4v) is 2.04. The third kappa shape index (κ3) is 2.53. The summed E-state index contributed by atoms with van der Waals surface area (Å²) in [5, 5.41) is 0.205. The summed E-state index contributed by atoms with van der Waals surface area (Å²) in [7, 11) is 0. The van der Waals surface area contributed by atoms with Gasteiger partial charge in [0.05, 0.1) is 6.54 Å². The first-order valence-electron chi connectivity index (χ1n) is 5.48. The minimum atomic E-state index is -2.71. The van der Waals surface area contributed by atoms with Gasteiger partial charge < -0.3 is 10.6 Å². The molecule has 1 fully saturated rings. The first kappa shape index (κ1) is 13.0. The molecule has 0 amide bonds. The van der Waals surface area contributed by atoms with Gasteiger partial charge in [-0.2, -0.15) is 0 Å². The lowest BCUT2D eigenvalue weighted by molar-refractivity contribution is -0.0138. The lowest BCUT2D eigenvalue weighted by Crippen LogP contribution is -2.27. The van der Waals surface area contributed by atoms with Crippen molar-refractivity contribution < 1.29 is 8.78 Å². The van der Waals surface area contributed by atoms with Crippen molar-refractivity contribution in [2.24, 2.45) is 11.7 Å². The average molecular weight is 275 g/mol. The maximum atomic E-state index is 13.5. The second-order valence-corrected chi connectivity index (χ2v) is 4.70. The number of hydrogen-bond donors (Lipinski definition) is 1. The fraction of sp³-hybridized carbons (Fsp3) is 0.455. The number of aromatic nitrogens is 2. The molecular weight excluding hydrogens is 262 g/mol. The van der Waals surface area contributed by atoms with Gasteiger partial charge in [0, 0.05) is 18.5 Å². The number of anilines is 1. The van der Waals surface area contributed by atoms with Crippen molar-refractivity contribution in [3.63, 3.8) is 0 Å². The zero-order valence-corrected chi connectivity index (χ0v) is 10.5. The second kappa shape index (κ2) is 4.68. The molecule has 7 heteroatoms. The number of alkyl halides is 2.